The summed E-state index contributed by atoms with van der Waals surface area (Å²) < 4.78 is 35.1. The van der Waals surface area contributed by atoms with Gasteiger partial charge in [-0.25, -0.2) is 0 Å². The van der Waals surface area contributed by atoms with E-state index in [2.05, 4.69) is 18.4 Å². The third-order valence-corrected chi connectivity index (χ3v) is 7.55. The molecule has 0 radical (unpaired) electrons. The molecule has 0 fully saturated rings. The Morgan fingerprint density at radius 3 is 2.00 bits per heavy atom. The van der Waals surface area contributed by atoms with Gasteiger partial charge in [-0.3, -0.25) is 9.35 Å². The Bertz CT molecular complexity index is 440. The van der Waals surface area contributed by atoms with Crippen LogP contribution >= 0.6 is 0 Å². The summed E-state index contributed by atoms with van der Waals surface area (Å²) in [5, 5.41) is 2.50. The smallest absolute Gasteiger partial charge is 0.266 e. The molecule has 0 aliphatic heterocycles. The van der Waals surface area contributed by atoms with Crippen LogP contribution in [0.15, 0.2) is 0 Å². The summed E-state index contributed by atoms with van der Waals surface area (Å²) in [5.74, 6) is -0.577. The number of hydrogen-bond donors (Lipinski definition) is 2. The lowest BCUT2D eigenvalue weighted by Crippen LogP contribution is -2.28. The van der Waals surface area contributed by atoms with Gasteiger partial charge in [0.15, 0.2) is 8.32 Å². The number of hydrogen-bond acceptors (Lipinski definition) is 4. The van der Waals surface area contributed by atoms with Gasteiger partial charge in [-0.15, -0.1) is 0 Å². The summed E-state index contributed by atoms with van der Waals surface area (Å²) in [6.07, 6.45) is 9.65. The highest BCUT2D eigenvalue weighted by Gasteiger charge is 2.19. The first-order valence-electron chi connectivity index (χ1n) is 8.93. The second-order valence-corrected chi connectivity index (χ2v) is 12.9. The summed E-state index contributed by atoms with van der Waals surface area (Å²) in [4.78, 5) is 11.4. The average molecular weight is 382 g/mol. The zero-order chi connectivity index (χ0) is 18.5. The molecule has 8 heteroatoms. The molecule has 0 aromatic heterocycles. The van der Waals surface area contributed by atoms with Crippen LogP contribution < -0.4 is 5.32 Å². The minimum absolute atomic E-state index is 0.0274. The van der Waals surface area contributed by atoms with Crippen molar-refractivity contribution in [3.63, 3.8) is 0 Å². The van der Waals surface area contributed by atoms with Crippen LogP contribution in [0.3, 0.4) is 0 Å². The molecule has 0 aromatic carbocycles. The predicted octanol–water partition coefficient (Wildman–Crippen LogP) is 3.35. The van der Waals surface area contributed by atoms with E-state index in [1.807, 2.05) is 7.11 Å². The molecule has 6 nitrogen and oxygen atoms in total. The zero-order valence-corrected chi connectivity index (χ0v) is 17.3. The monoisotopic (exact) mass is 381 g/mol. The number of carbonyl (C=O) groups excluding carboxylic acids is 1. The zero-order valence-electron chi connectivity index (χ0n) is 15.5. The van der Waals surface area contributed by atoms with Gasteiger partial charge in [-0.2, -0.15) is 8.42 Å². The largest absolute Gasteiger partial charge is 0.420 e. The van der Waals surface area contributed by atoms with Crippen molar-refractivity contribution in [3.05, 3.63) is 0 Å². The summed E-state index contributed by atoms with van der Waals surface area (Å²) in [6, 6.07) is 1.23. The Kier molecular flexibility index (Phi) is 12.6. The Hall–Kier alpha value is -0.443. The van der Waals surface area contributed by atoms with E-state index < -0.39 is 24.2 Å². The normalized spacial score (nSPS) is 12.3. The summed E-state index contributed by atoms with van der Waals surface area (Å²) >= 11 is 0. The topological polar surface area (TPSA) is 92.7 Å². The number of amides is 1. The molecule has 0 aliphatic rings. The second kappa shape index (κ2) is 12.9. The van der Waals surface area contributed by atoms with E-state index in [1.54, 1.807) is 0 Å². The van der Waals surface area contributed by atoms with Crippen molar-refractivity contribution in [2.24, 2.45) is 0 Å². The summed E-state index contributed by atoms with van der Waals surface area (Å²) in [7, 11) is -3.55. The second-order valence-electron chi connectivity index (χ2n) is 6.93. The van der Waals surface area contributed by atoms with Crippen molar-refractivity contribution in [2.75, 3.05) is 19.4 Å². The van der Waals surface area contributed by atoms with E-state index in [1.165, 1.54) is 38.1 Å². The lowest BCUT2D eigenvalue weighted by atomic mass is 10.1. The number of unbranched alkanes of at least 4 members (excludes halogenated alkanes) is 7. The molecule has 144 valence electrons. The molecule has 0 unspecified atom stereocenters. The SMILES string of the molecule is CO[Si](C)(C)CCCCCCCCCCC(=O)NCCS(=O)(=O)O. The van der Waals surface area contributed by atoms with E-state index in [-0.39, 0.29) is 12.5 Å². The van der Waals surface area contributed by atoms with Gasteiger partial charge in [0, 0.05) is 20.1 Å². The fraction of sp³-hybridized carbons (Fsp3) is 0.938. The molecule has 1 amide bonds. The van der Waals surface area contributed by atoms with Crippen LogP contribution in [0, 0.1) is 0 Å². The van der Waals surface area contributed by atoms with E-state index in [0.717, 1.165) is 19.3 Å². The van der Waals surface area contributed by atoms with Crippen molar-refractivity contribution < 1.29 is 22.2 Å². The minimum atomic E-state index is -3.99. The molecule has 2 N–H and O–H groups in total. The molecule has 0 aromatic rings. The van der Waals surface area contributed by atoms with Crippen molar-refractivity contribution >= 4 is 24.3 Å². The first kappa shape index (κ1) is 23.6. The Morgan fingerprint density at radius 1 is 1.00 bits per heavy atom. The van der Waals surface area contributed by atoms with Crippen molar-refractivity contribution in [2.45, 2.75) is 76.9 Å². The Labute approximate surface area is 148 Å². The highest BCUT2D eigenvalue weighted by molar-refractivity contribution is 7.85. The number of nitrogens with one attached hydrogen (secondary N) is 1. The fourth-order valence-corrected chi connectivity index (χ4v) is 4.07. The minimum Gasteiger partial charge on any atom is -0.420 e. The highest BCUT2D eigenvalue weighted by atomic mass is 32.2. The number of rotatable bonds is 15. The van der Waals surface area contributed by atoms with Crippen LogP contribution in [0.25, 0.3) is 0 Å². The lowest BCUT2D eigenvalue weighted by Gasteiger charge is -2.19. The maximum atomic E-state index is 11.4. The van der Waals surface area contributed by atoms with Crippen LogP contribution in [0.4, 0.5) is 0 Å². The van der Waals surface area contributed by atoms with Gasteiger partial charge in [0.2, 0.25) is 5.91 Å². The van der Waals surface area contributed by atoms with Crippen LogP contribution in [0.5, 0.6) is 0 Å². The third kappa shape index (κ3) is 16.4. The summed E-state index contributed by atoms with van der Waals surface area (Å²) in [5.41, 5.74) is 0. The maximum absolute atomic E-state index is 11.4. The van der Waals surface area contributed by atoms with Crippen molar-refractivity contribution in [1.82, 2.24) is 5.32 Å². The Morgan fingerprint density at radius 2 is 1.50 bits per heavy atom. The molecule has 0 saturated carbocycles. The molecule has 24 heavy (non-hydrogen) atoms. The standard InChI is InChI=1S/C16H35NO5SSi/c1-22-24(2,3)15-11-9-7-5-4-6-8-10-12-16(18)17-13-14-23(19,20)21/h4-15H2,1-3H3,(H,17,18)(H,19,20,21). The first-order chi connectivity index (χ1) is 11.2. The van der Waals surface area contributed by atoms with Gasteiger partial charge in [-0.1, -0.05) is 44.9 Å². The van der Waals surface area contributed by atoms with Crippen LogP contribution in [-0.4, -0.2) is 46.6 Å². The van der Waals surface area contributed by atoms with Gasteiger partial charge >= 0.3 is 0 Å². The molecule has 0 spiro atoms. The highest BCUT2D eigenvalue weighted by Crippen LogP contribution is 2.16. The van der Waals surface area contributed by atoms with Crippen LogP contribution in [-0.2, 0) is 19.3 Å². The molecule has 0 bridgehead atoms. The van der Waals surface area contributed by atoms with Crippen molar-refractivity contribution in [1.29, 1.82) is 0 Å². The van der Waals surface area contributed by atoms with Gasteiger partial charge < -0.3 is 9.74 Å². The molecular formula is C16H35NO5SSi. The van der Waals surface area contributed by atoms with Gasteiger partial charge in [-0.05, 0) is 25.6 Å². The molecule has 0 heterocycles. The first-order valence-corrected chi connectivity index (χ1v) is 13.7. The molecule has 0 rings (SSSR count). The average Bonchev–Trinajstić information content (AvgIpc) is 2.47. The van der Waals surface area contributed by atoms with Gasteiger partial charge in [0.1, 0.15) is 0 Å². The van der Waals surface area contributed by atoms with Crippen LogP contribution in [0.1, 0.15) is 57.8 Å². The maximum Gasteiger partial charge on any atom is 0.266 e. The fourth-order valence-electron chi connectivity index (χ4n) is 2.41. The number of carbonyl (C=O) groups is 1. The van der Waals surface area contributed by atoms with Gasteiger partial charge in [0.05, 0.1) is 5.75 Å². The quantitative estimate of drug-likeness (QED) is 0.258. The van der Waals surface area contributed by atoms with E-state index >= 15 is 0 Å². The van der Waals surface area contributed by atoms with E-state index in [9.17, 15) is 13.2 Å². The summed E-state index contributed by atoms with van der Waals surface area (Å²) in [6.45, 7) is 4.48. The lowest BCUT2D eigenvalue weighted by molar-refractivity contribution is -0.121. The Balaban J connectivity index is 3.35. The van der Waals surface area contributed by atoms with Gasteiger partial charge in [0.25, 0.3) is 10.1 Å². The predicted molar refractivity (Wildman–Crippen MR) is 100 cm³/mol. The molecule has 0 atom stereocenters. The van der Waals surface area contributed by atoms with Crippen LogP contribution in [0.2, 0.25) is 19.1 Å². The molecule has 0 saturated heterocycles. The molecular weight excluding hydrogens is 346 g/mol. The molecule has 0 aliphatic carbocycles. The van der Waals surface area contributed by atoms with Crippen molar-refractivity contribution in [3.8, 4) is 0 Å². The van der Waals surface area contributed by atoms with E-state index in [4.69, 9.17) is 8.98 Å². The van der Waals surface area contributed by atoms with E-state index in [0.29, 0.717) is 6.42 Å². The third-order valence-electron chi connectivity index (χ3n) is 4.17.